The normalized spacial score (nSPS) is 11.5. The Morgan fingerprint density at radius 1 is 1.10 bits per heavy atom. The molecule has 31 heavy (non-hydrogen) atoms. The average molecular weight is 461 g/mol. The van der Waals surface area contributed by atoms with Gasteiger partial charge in [-0.05, 0) is 18.2 Å². The van der Waals surface area contributed by atoms with Crippen molar-refractivity contribution >= 4 is 20.6 Å². The van der Waals surface area contributed by atoms with Crippen molar-refractivity contribution in [3.05, 3.63) is 64.4 Å². The largest absolute Gasteiger partial charge is 0.457 e. The number of rotatable bonds is 7. The molecule has 0 aliphatic rings. The molecule has 4 aromatic rings. The molecule has 0 radical (unpaired) electrons. The van der Waals surface area contributed by atoms with Crippen LogP contribution in [0.1, 0.15) is 5.01 Å². The van der Waals surface area contributed by atoms with Crippen LogP contribution >= 0.6 is 20.6 Å². The van der Waals surface area contributed by atoms with Crippen LogP contribution in [0.4, 0.5) is 8.78 Å². The van der Waals surface area contributed by atoms with Crippen molar-refractivity contribution < 1.29 is 13.5 Å². The van der Waals surface area contributed by atoms with Crippen LogP contribution in [0.5, 0.6) is 6.01 Å². The van der Waals surface area contributed by atoms with Gasteiger partial charge in [-0.3, -0.25) is 9.78 Å². The molecule has 4 rings (SSSR count). The Morgan fingerprint density at radius 2 is 1.90 bits per heavy atom. The van der Waals surface area contributed by atoms with E-state index in [0.29, 0.717) is 21.3 Å². The van der Waals surface area contributed by atoms with Gasteiger partial charge in [-0.1, -0.05) is 20.6 Å². The molecule has 0 saturated heterocycles. The van der Waals surface area contributed by atoms with Crippen molar-refractivity contribution in [1.29, 1.82) is 0 Å². The van der Waals surface area contributed by atoms with Gasteiger partial charge in [0.05, 0.1) is 12.2 Å². The van der Waals surface area contributed by atoms with Crippen molar-refractivity contribution in [2.45, 2.75) is 12.2 Å². The number of hydrogen-bond donors (Lipinski definition) is 0. The molecule has 13 heteroatoms. The lowest BCUT2D eigenvalue weighted by Gasteiger charge is -2.10. The molecular weight excluding hydrogens is 447 g/mol. The third-order valence-corrected chi connectivity index (χ3v) is 4.97. The summed E-state index contributed by atoms with van der Waals surface area (Å²) in [5.74, 6) is 0. The lowest BCUT2D eigenvalue weighted by atomic mass is 10.2. The fraction of sp³-hybridized carbons (Fsp3) is 0.167. The fourth-order valence-electron chi connectivity index (χ4n) is 2.45. The van der Waals surface area contributed by atoms with Crippen LogP contribution in [0.2, 0.25) is 0 Å². The SMILES string of the molecule is O=c1ccc(-c2cnc(OCC(F)(F)P)nc2)nn1Cc1nnc(-c2cccnc2)s1. The zero-order chi connectivity index (χ0) is 21.8. The Morgan fingerprint density at radius 3 is 2.61 bits per heavy atom. The summed E-state index contributed by atoms with van der Waals surface area (Å²) in [5, 5.41) is 13.9. The predicted molar refractivity (Wildman–Crippen MR) is 112 cm³/mol. The second-order valence-electron chi connectivity index (χ2n) is 6.26. The first kappa shape index (κ1) is 21.0. The van der Waals surface area contributed by atoms with Gasteiger partial charge in [0.1, 0.15) is 10.0 Å². The van der Waals surface area contributed by atoms with E-state index in [1.165, 1.54) is 49.8 Å². The van der Waals surface area contributed by atoms with Crippen molar-refractivity contribution in [3.8, 4) is 27.8 Å². The molecule has 0 bridgehead atoms. The first-order valence-corrected chi connectivity index (χ1v) is 10.2. The summed E-state index contributed by atoms with van der Waals surface area (Å²) >= 11 is 1.33. The molecule has 158 valence electrons. The summed E-state index contributed by atoms with van der Waals surface area (Å²) in [5.41, 5.74) is -1.63. The minimum absolute atomic E-state index is 0.135. The van der Waals surface area contributed by atoms with E-state index < -0.39 is 12.3 Å². The molecule has 4 aromatic heterocycles. The van der Waals surface area contributed by atoms with E-state index in [1.807, 2.05) is 6.07 Å². The van der Waals surface area contributed by atoms with Gasteiger partial charge in [-0.15, -0.1) is 10.2 Å². The number of hydrogen-bond acceptors (Lipinski definition) is 9. The van der Waals surface area contributed by atoms with Gasteiger partial charge in [-0.2, -0.15) is 13.9 Å². The van der Waals surface area contributed by atoms with Crippen LogP contribution in [-0.2, 0) is 6.54 Å². The Hall–Kier alpha value is -3.24. The van der Waals surface area contributed by atoms with Gasteiger partial charge in [-0.25, -0.2) is 14.6 Å². The lowest BCUT2D eigenvalue weighted by molar-refractivity contribution is 0.0422. The number of halogens is 2. The monoisotopic (exact) mass is 461 g/mol. The van der Waals surface area contributed by atoms with Crippen LogP contribution in [0.3, 0.4) is 0 Å². The number of alkyl halides is 2. The van der Waals surface area contributed by atoms with Crippen LogP contribution in [0.15, 0.2) is 53.8 Å². The molecule has 0 aliphatic carbocycles. The smallest absolute Gasteiger partial charge is 0.316 e. The maximum Gasteiger partial charge on any atom is 0.316 e. The average Bonchev–Trinajstić information content (AvgIpc) is 3.23. The van der Waals surface area contributed by atoms with Crippen LogP contribution in [-0.4, -0.2) is 47.2 Å². The summed E-state index contributed by atoms with van der Waals surface area (Å²) < 4.78 is 31.8. The summed E-state index contributed by atoms with van der Waals surface area (Å²) in [6, 6.07) is 6.38. The molecule has 0 N–H and O–H groups in total. The molecule has 0 fully saturated rings. The minimum Gasteiger partial charge on any atom is -0.457 e. The molecular formula is C18H14F2N7O2PS. The van der Waals surface area contributed by atoms with Gasteiger partial charge >= 0.3 is 6.01 Å². The standard InChI is InChI=1S/C18H14F2N7O2PS/c19-18(20,30)10-29-17-22-7-12(8-23-17)13-3-4-15(28)27(26-13)9-14-24-25-16(31-14)11-2-1-5-21-6-11/h1-8H,9-10,30H2. The van der Waals surface area contributed by atoms with E-state index >= 15 is 0 Å². The van der Waals surface area contributed by atoms with Gasteiger partial charge in [0.2, 0.25) is 0 Å². The topological polar surface area (TPSA) is 109 Å². The number of aromatic nitrogens is 7. The van der Waals surface area contributed by atoms with Gasteiger partial charge < -0.3 is 4.74 Å². The highest BCUT2D eigenvalue weighted by Crippen LogP contribution is 2.24. The third kappa shape index (κ3) is 5.47. The molecule has 0 spiro atoms. The van der Waals surface area contributed by atoms with E-state index in [4.69, 9.17) is 4.74 Å². The zero-order valence-electron chi connectivity index (χ0n) is 15.7. The number of ether oxygens (including phenoxy) is 1. The van der Waals surface area contributed by atoms with Gasteiger partial charge in [0, 0.05) is 42.0 Å². The maximum atomic E-state index is 12.8. The van der Waals surface area contributed by atoms with E-state index in [9.17, 15) is 13.6 Å². The summed E-state index contributed by atoms with van der Waals surface area (Å²) in [6.07, 6.45) is 6.11. The van der Waals surface area contributed by atoms with Crippen molar-refractivity contribution in [2.75, 3.05) is 6.61 Å². The Kier molecular flexibility index (Phi) is 6.01. The number of pyridine rings is 1. The summed E-state index contributed by atoms with van der Waals surface area (Å²) in [4.78, 5) is 24.1. The molecule has 4 heterocycles. The fourth-order valence-corrected chi connectivity index (χ4v) is 3.35. The van der Waals surface area contributed by atoms with Crippen molar-refractivity contribution in [2.24, 2.45) is 0 Å². The lowest BCUT2D eigenvalue weighted by Crippen LogP contribution is -2.22. The molecule has 0 aliphatic heterocycles. The van der Waals surface area contributed by atoms with Crippen LogP contribution in [0, 0.1) is 0 Å². The first-order valence-electron chi connectivity index (χ1n) is 8.80. The summed E-state index contributed by atoms with van der Waals surface area (Å²) in [7, 11) is 1.38. The van der Waals surface area contributed by atoms with Crippen molar-refractivity contribution in [1.82, 2.24) is 34.9 Å². The minimum atomic E-state index is -3.07. The third-order valence-electron chi connectivity index (χ3n) is 3.84. The first-order chi connectivity index (χ1) is 14.9. The quantitative estimate of drug-likeness (QED) is 0.387. The second-order valence-corrected chi connectivity index (χ2v) is 8.17. The molecule has 1 atom stereocenters. The molecule has 9 nitrogen and oxygen atoms in total. The second kappa shape index (κ2) is 8.86. The van der Waals surface area contributed by atoms with Crippen molar-refractivity contribution in [3.63, 3.8) is 0 Å². The highest BCUT2D eigenvalue weighted by atomic mass is 32.1. The van der Waals surface area contributed by atoms with E-state index in [0.717, 1.165) is 5.56 Å². The van der Waals surface area contributed by atoms with E-state index in [2.05, 4.69) is 30.2 Å². The highest BCUT2D eigenvalue weighted by Gasteiger charge is 2.22. The van der Waals surface area contributed by atoms with E-state index in [-0.39, 0.29) is 18.1 Å². The highest BCUT2D eigenvalue weighted by molar-refractivity contribution is 7.18. The van der Waals surface area contributed by atoms with Gasteiger partial charge in [0.25, 0.3) is 11.2 Å². The number of nitrogens with zero attached hydrogens (tertiary/aromatic N) is 7. The Balaban J connectivity index is 1.51. The van der Waals surface area contributed by atoms with Crippen LogP contribution in [0.25, 0.3) is 21.8 Å². The maximum absolute atomic E-state index is 12.8. The van der Waals surface area contributed by atoms with Crippen LogP contribution < -0.4 is 10.3 Å². The Bertz CT molecular complexity index is 1230. The molecule has 1 unspecified atom stereocenters. The predicted octanol–water partition coefficient (Wildman–Crippen LogP) is 2.51. The Labute approximate surface area is 180 Å². The molecule has 0 saturated carbocycles. The molecule has 0 amide bonds. The summed E-state index contributed by atoms with van der Waals surface area (Å²) in [6.45, 7) is -0.723. The van der Waals surface area contributed by atoms with E-state index in [1.54, 1.807) is 18.5 Å². The molecule has 0 aromatic carbocycles. The van der Waals surface area contributed by atoms with Gasteiger partial charge in [0.15, 0.2) is 6.61 Å². The zero-order valence-corrected chi connectivity index (χ0v) is 17.7.